The van der Waals surface area contributed by atoms with Gasteiger partial charge in [0, 0.05) is 18.8 Å². The molecule has 0 saturated carbocycles. The predicted molar refractivity (Wildman–Crippen MR) is 106 cm³/mol. The van der Waals surface area contributed by atoms with E-state index < -0.39 is 18.5 Å². The van der Waals surface area contributed by atoms with Crippen LogP contribution in [0.5, 0.6) is 0 Å². The molecule has 0 spiro atoms. The van der Waals surface area contributed by atoms with Crippen molar-refractivity contribution in [1.29, 1.82) is 0 Å². The van der Waals surface area contributed by atoms with Gasteiger partial charge in [-0.05, 0) is 31.2 Å². The summed E-state index contributed by atoms with van der Waals surface area (Å²) in [5.74, 6) is -0.957. The van der Waals surface area contributed by atoms with Crippen molar-refractivity contribution in [2.24, 2.45) is 0 Å². The van der Waals surface area contributed by atoms with Gasteiger partial charge < -0.3 is 19.5 Å². The Kier molecular flexibility index (Phi) is 6.03. The standard InChI is InChI=1S/C21H19N3O5/c1-14-12-18(23-29-14)22-19(25)13-28-21(27)17-11-7-6-10-16(17)20(26)24(2)15-8-4-3-5-9-15/h3-12H,13H2,1-2H3,(H,22,23,25). The summed E-state index contributed by atoms with van der Waals surface area (Å²) in [6, 6.07) is 16.9. The third-order valence-corrected chi connectivity index (χ3v) is 4.06. The van der Waals surface area contributed by atoms with Gasteiger partial charge in [0.1, 0.15) is 5.76 Å². The minimum Gasteiger partial charge on any atom is -0.452 e. The number of hydrogen-bond acceptors (Lipinski definition) is 6. The van der Waals surface area contributed by atoms with Crippen molar-refractivity contribution in [1.82, 2.24) is 5.16 Å². The molecule has 1 heterocycles. The van der Waals surface area contributed by atoms with Crippen LogP contribution in [-0.2, 0) is 9.53 Å². The number of amides is 2. The molecule has 0 aliphatic carbocycles. The Bertz CT molecular complexity index is 1030. The van der Waals surface area contributed by atoms with Crippen LogP contribution in [-0.4, -0.2) is 36.6 Å². The summed E-state index contributed by atoms with van der Waals surface area (Å²) in [7, 11) is 1.62. The number of anilines is 2. The first-order chi connectivity index (χ1) is 14.0. The number of esters is 1. The molecule has 148 valence electrons. The first-order valence-corrected chi connectivity index (χ1v) is 8.78. The van der Waals surface area contributed by atoms with Gasteiger partial charge in [-0.15, -0.1) is 0 Å². The van der Waals surface area contributed by atoms with Gasteiger partial charge in [0.2, 0.25) is 0 Å². The topological polar surface area (TPSA) is 102 Å². The second kappa shape index (κ2) is 8.83. The van der Waals surface area contributed by atoms with Crippen LogP contribution in [0.4, 0.5) is 11.5 Å². The molecule has 3 rings (SSSR count). The number of carbonyl (C=O) groups is 3. The summed E-state index contributed by atoms with van der Waals surface area (Å²) in [6.07, 6.45) is 0. The molecular formula is C21H19N3O5. The lowest BCUT2D eigenvalue weighted by Gasteiger charge is -2.18. The van der Waals surface area contributed by atoms with Crippen LogP contribution in [0.2, 0.25) is 0 Å². The van der Waals surface area contributed by atoms with Crippen molar-refractivity contribution in [2.45, 2.75) is 6.92 Å². The predicted octanol–water partition coefficient (Wildman–Crippen LogP) is 3.06. The highest BCUT2D eigenvalue weighted by Gasteiger charge is 2.22. The van der Waals surface area contributed by atoms with Crippen LogP contribution in [0.1, 0.15) is 26.5 Å². The van der Waals surface area contributed by atoms with Gasteiger partial charge in [0.15, 0.2) is 12.4 Å². The van der Waals surface area contributed by atoms with E-state index >= 15 is 0 Å². The molecule has 0 saturated heterocycles. The van der Waals surface area contributed by atoms with Gasteiger partial charge in [-0.3, -0.25) is 9.59 Å². The molecule has 1 N–H and O–H groups in total. The average Bonchev–Trinajstić information content (AvgIpc) is 3.16. The number of nitrogens with one attached hydrogen (secondary N) is 1. The van der Waals surface area contributed by atoms with Crippen LogP contribution in [0.15, 0.2) is 65.2 Å². The number of aryl methyl sites for hydroxylation is 1. The zero-order valence-corrected chi connectivity index (χ0v) is 15.9. The zero-order chi connectivity index (χ0) is 20.8. The van der Waals surface area contributed by atoms with Gasteiger partial charge in [-0.25, -0.2) is 4.79 Å². The molecule has 0 radical (unpaired) electrons. The lowest BCUT2D eigenvalue weighted by atomic mass is 10.1. The van der Waals surface area contributed by atoms with E-state index in [0.717, 1.165) is 0 Å². The SMILES string of the molecule is Cc1cc(NC(=O)COC(=O)c2ccccc2C(=O)N(C)c2ccccc2)no1. The summed E-state index contributed by atoms with van der Waals surface area (Å²) >= 11 is 0. The number of para-hydroxylation sites is 1. The number of hydrogen-bond donors (Lipinski definition) is 1. The summed E-state index contributed by atoms with van der Waals surface area (Å²) in [5.41, 5.74) is 0.935. The summed E-state index contributed by atoms with van der Waals surface area (Å²) in [6.45, 7) is 1.16. The molecule has 2 amide bonds. The fourth-order valence-electron chi connectivity index (χ4n) is 2.61. The second-order valence-electron chi connectivity index (χ2n) is 6.19. The lowest BCUT2D eigenvalue weighted by molar-refractivity contribution is -0.119. The smallest absolute Gasteiger partial charge is 0.339 e. The first kappa shape index (κ1) is 19.8. The molecule has 3 aromatic rings. The second-order valence-corrected chi connectivity index (χ2v) is 6.19. The molecule has 8 nitrogen and oxygen atoms in total. The van der Waals surface area contributed by atoms with Gasteiger partial charge in [-0.2, -0.15) is 0 Å². The number of carbonyl (C=O) groups excluding carboxylic acids is 3. The first-order valence-electron chi connectivity index (χ1n) is 8.78. The Labute approximate surface area is 167 Å². The van der Waals surface area contributed by atoms with Gasteiger partial charge in [0.25, 0.3) is 11.8 Å². The third-order valence-electron chi connectivity index (χ3n) is 4.06. The Morgan fingerprint density at radius 3 is 2.34 bits per heavy atom. The van der Waals surface area contributed by atoms with E-state index in [-0.39, 0.29) is 22.9 Å². The van der Waals surface area contributed by atoms with Gasteiger partial charge >= 0.3 is 5.97 Å². The molecule has 0 unspecified atom stereocenters. The number of ether oxygens (including phenoxy) is 1. The minimum atomic E-state index is -0.776. The van der Waals surface area contributed by atoms with E-state index in [9.17, 15) is 14.4 Å². The van der Waals surface area contributed by atoms with E-state index in [0.29, 0.717) is 11.4 Å². The highest BCUT2D eigenvalue weighted by atomic mass is 16.5. The number of rotatable bonds is 6. The molecule has 0 bridgehead atoms. The van der Waals surface area contributed by atoms with Crippen LogP contribution >= 0.6 is 0 Å². The van der Waals surface area contributed by atoms with Crippen LogP contribution in [0, 0.1) is 6.92 Å². The van der Waals surface area contributed by atoms with E-state index in [1.165, 1.54) is 23.1 Å². The molecule has 0 atom stereocenters. The summed E-state index contributed by atoms with van der Waals surface area (Å²) in [4.78, 5) is 38.7. The van der Waals surface area contributed by atoms with Crippen molar-refractivity contribution in [2.75, 3.05) is 23.9 Å². The third kappa shape index (κ3) is 4.86. The Morgan fingerprint density at radius 2 is 1.69 bits per heavy atom. The fraction of sp³-hybridized carbons (Fsp3) is 0.143. The van der Waals surface area contributed by atoms with Crippen molar-refractivity contribution in [3.8, 4) is 0 Å². The monoisotopic (exact) mass is 393 g/mol. The number of aromatic nitrogens is 1. The van der Waals surface area contributed by atoms with Crippen LogP contribution in [0.25, 0.3) is 0 Å². The largest absolute Gasteiger partial charge is 0.452 e. The maximum atomic E-state index is 12.9. The van der Waals surface area contributed by atoms with Gasteiger partial charge in [-0.1, -0.05) is 35.5 Å². The highest BCUT2D eigenvalue weighted by Crippen LogP contribution is 2.18. The number of benzene rings is 2. The van der Waals surface area contributed by atoms with Gasteiger partial charge in [0.05, 0.1) is 11.1 Å². The minimum absolute atomic E-state index is 0.0744. The molecule has 0 fully saturated rings. The maximum absolute atomic E-state index is 12.9. The molecule has 8 heteroatoms. The maximum Gasteiger partial charge on any atom is 0.339 e. The van der Waals surface area contributed by atoms with Crippen molar-refractivity contribution in [3.05, 3.63) is 77.6 Å². The molecule has 29 heavy (non-hydrogen) atoms. The molecule has 2 aromatic carbocycles. The van der Waals surface area contributed by atoms with Crippen molar-refractivity contribution < 1.29 is 23.6 Å². The Hall–Kier alpha value is -3.94. The van der Waals surface area contributed by atoms with Crippen LogP contribution in [0.3, 0.4) is 0 Å². The quantitative estimate of drug-likeness (QED) is 0.646. The summed E-state index contributed by atoms with van der Waals surface area (Å²) < 4.78 is 9.91. The van der Waals surface area contributed by atoms with E-state index in [2.05, 4.69) is 10.5 Å². The van der Waals surface area contributed by atoms with Crippen LogP contribution < -0.4 is 10.2 Å². The van der Waals surface area contributed by atoms with Crippen molar-refractivity contribution >= 4 is 29.3 Å². The Balaban J connectivity index is 1.68. The van der Waals surface area contributed by atoms with Crippen molar-refractivity contribution in [3.63, 3.8) is 0 Å². The summed E-state index contributed by atoms with van der Waals surface area (Å²) in [5, 5.41) is 6.08. The Morgan fingerprint density at radius 1 is 1.03 bits per heavy atom. The highest BCUT2D eigenvalue weighted by molar-refractivity contribution is 6.12. The fourth-order valence-corrected chi connectivity index (χ4v) is 2.61. The molecular weight excluding hydrogens is 374 g/mol. The molecule has 0 aliphatic heterocycles. The van der Waals surface area contributed by atoms with E-state index in [4.69, 9.17) is 9.26 Å². The molecule has 1 aromatic heterocycles. The normalized spacial score (nSPS) is 10.3. The molecule has 0 aliphatic rings. The lowest BCUT2D eigenvalue weighted by Crippen LogP contribution is -2.28. The zero-order valence-electron chi connectivity index (χ0n) is 15.9. The average molecular weight is 393 g/mol. The van der Waals surface area contributed by atoms with E-state index in [1.807, 2.05) is 18.2 Å². The van der Waals surface area contributed by atoms with E-state index in [1.54, 1.807) is 38.2 Å². The number of nitrogens with zero attached hydrogens (tertiary/aromatic N) is 2.